The van der Waals surface area contributed by atoms with Crippen molar-refractivity contribution in [1.82, 2.24) is 0 Å². The lowest BCUT2D eigenvalue weighted by molar-refractivity contribution is 0.0566. The number of carbonyl (C=O) groups is 1. The quantitative estimate of drug-likeness (QED) is 0.755. The van der Waals surface area contributed by atoms with E-state index < -0.39 is 17.6 Å². The minimum Gasteiger partial charge on any atom is -0.463 e. The van der Waals surface area contributed by atoms with Gasteiger partial charge in [0.1, 0.15) is 17.4 Å². The van der Waals surface area contributed by atoms with E-state index in [0.29, 0.717) is 0 Å². The molecule has 1 aromatic heterocycles. The summed E-state index contributed by atoms with van der Waals surface area (Å²) in [7, 11) is 1.21. The number of halogens is 2. The fraction of sp³-hybridized carbons (Fsp3) is 0.0833. The predicted molar refractivity (Wildman–Crippen MR) is 55.4 cm³/mol. The van der Waals surface area contributed by atoms with Crippen molar-refractivity contribution >= 4 is 5.97 Å². The summed E-state index contributed by atoms with van der Waals surface area (Å²) in [4.78, 5) is 11.1. The molecule has 1 aromatic carbocycles. The lowest BCUT2D eigenvalue weighted by Gasteiger charge is -1.99. The van der Waals surface area contributed by atoms with E-state index in [2.05, 4.69) is 4.74 Å². The third-order valence-electron chi connectivity index (χ3n) is 2.19. The van der Waals surface area contributed by atoms with Crippen molar-refractivity contribution in [2.24, 2.45) is 0 Å². The van der Waals surface area contributed by atoms with E-state index in [1.54, 1.807) is 0 Å². The van der Waals surface area contributed by atoms with E-state index >= 15 is 0 Å². The molecule has 88 valence electrons. The number of benzene rings is 1. The molecule has 0 aliphatic heterocycles. The Hall–Kier alpha value is -2.17. The molecular weight excluding hydrogens is 230 g/mol. The standard InChI is InChI=1S/C12H8F2O3/c1-16-12(15)11-5-4-10(17-11)8-3-2-7(13)6-9(8)14/h2-6H,1H3. The van der Waals surface area contributed by atoms with Gasteiger partial charge in [0.05, 0.1) is 12.7 Å². The molecule has 0 N–H and O–H groups in total. The molecule has 3 nitrogen and oxygen atoms in total. The second-order valence-electron chi connectivity index (χ2n) is 3.28. The van der Waals surface area contributed by atoms with E-state index in [9.17, 15) is 13.6 Å². The van der Waals surface area contributed by atoms with Crippen LogP contribution in [0.15, 0.2) is 34.7 Å². The number of esters is 1. The monoisotopic (exact) mass is 238 g/mol. The fourth-order valence-electron chi connectivity index (χ4n) is 1.38. The molecule has 17 heavy (non-hydrogen) atoms. The van der Waals surface area contributed by atoms with E-state index in [0.717, 1.165) is 12.1 Å². The number of furan rings is 1. The third-order valence-corrected chi connectivity index (χ3v) is 2.19. The van der Waals surface area contributed by atoms with Gasteiger partial charge in [0.2, 0.25) is 5.76 Å². The van der Waals surface area contributed by atoms with Crippen LogP contribution in [0.25, 0.3) is 11.3 Å². The molecule has 0 unspecified atom stereocenters. The van der Waals surface area contributed by atoms with Gasteiger partial charge in [-0.2, -0.15) is 0 Å². The van der Waals surface area contributed by atoms with Gasteiger partial charge in [-0.25, -0.2) is 13.6 Å². The van der Waals surface area contributed by atoms with Crippen LogP contribution in [0.3, 0.4) is 0 Å². The maximum absolute atomic E-state index is 13.4. The van der Waals surface area contributed by atoms with Gasteiger partial charge < -0.3 is 9.15 Å². The zero-order valence-corrected chi connectivity index (χ0v) is 8.87. The largest absolute Gasteiger partial charge is 0.463 e. The van der Waals surface area contributed by atoms with Crippen LogP contribution in [0.4, 0.5) is 8.78 Å². The maximum atomic E-state index is 13.4. The van der Waals surface area contributed by atoms with Crippen molar-refractivity contribution in [3.63, 3.8) is 0 Å². The van der Waals surface area contributed by atoms with Crippen molar-refractivity contribution in [1.29, 1.82) is 0 Å². The lowest BCUT2D eigenvalue weighted by atomic mass is 10.1. The average molecular weight is 238 g/mol. The highest BCUT2D eigenvalue weighted by Gasteiger charge is 2.14. The van der Waals surface area contributed by atoms with Crippen molar-refractivity contribution in [2.45, 2.75) is 0 Å². The molecule has 2 rings (SSSR count). The first kappa shape index (κ1) is 11.3. The van der Waals surface area contributed by atoms with Gasteiger partial charge in [0.25, 0.3) is 0 Å². The molecule has 0 fully saturated rings. The topological polar surface area (TPSA) is 39.4 Å². The molecule has 0 radical (unpaired) electrons. The van der Waals surface area contributed by atoms with Crippen molar-refractivity contribution < 1.29 is 22.7 Å². The summed E-state index contributed by atoms with van der Waals surface area (Å²) < 4.78 is 35.7. The van der Waals surface area contributed by atoms with Gasteiger partial charge >= 0.3 is 5.97 Å². The SMILES string of the molecule is COC(=O)c1ccc(-c2ccc(F)cc2F)o1. The number of hydrogen-bond donors (Lipinski definition) is 0. The zero-order valence-electron chi connectivity index (χ0n) is 8.87. The first-order chi connectivity index (χ1) is 8.11. The molecule has 0 bridgehead atoms. The van der Waals surface area contributed by atoms with Gasteiger partial charge in [-0.05, 0) is 24.3 Å². The normalized spacial score (nSPS) is 10.3. The van der Waals surface area contributed by atoms with Crippen molar-refractivity contribution in [3.05, 3.63) is 47.7 Å². The molecule has 2 aromatic rings. The summed E-state index contributed by atoms with van der Waals surface area (Å²) in [5.41, 5.74) is 0.0848. The van der Waals surface area contributed by atoms with E-state index in [1.807, 2.05) is 0 Å². The molecule has 0 amide bonds. The highest BCUT2D eigenvalue weighted by molar-refractivity contribution is 5.87. The Kier molecular flexibility index (Phi) is 2.91. The lowest BCUT2D eigenvalue weighted by Crippen LogP contribution is -1.98. The van der Waals surface area contributed by atoms with Crippen LogP contribution in [-0.2, 0) is 4.74 Å². The number of ether oxygens (including phenoxy) is 1. The minimum atomic E-state index is -0.754. The highest BCUT2D eigenvalue weighted by atomic mass is 19.1. The second-order valence-corrected chi connectivity index (χ2v) is 3.28. The van der Waals surface area contributed by atoms with Gasteiger partial charge in [0, 0.05) is 6.07 Å². The van der Waals surface area contributed by atoms with Crippen LogP contribution in [-0.4, -0.2) is 13.1 Å². The fourth-order valence-corrected chi connectivity index (χ4v) is 1.38. The number of hydrogen-bond acceptors (Lipinski definition) is 3. The first-order valence-corrected chi connectivity index (χ1v) is 4.75. The summed E-state index contributed by atoms with van der Waals surface area (Å²) in [6, 6.07) is 5.88. The van der Waals surface area contributed by atoms with Crippen molar-refractivity contribution in [3.8, 4) is 11.3 Å². The molecule has 0 atom stereocenters. The van der Waals surface area contributed by atoms with Crippen LogP contribution in [0.1, 0.15) is 10.6 Å². The number of methoxy groups -OCH3 is 1. The maximum Gasteiger partial charge on any atom is 0.373 e. The van der Waals surface area contributed by atoms with Crippen LogP contribution in [0.2, 0.25) is 0 Å². The molecule has 0 aliphatic rings. The third kappa shape index (κ3) is 2.18. The minimum absolute atomic E-state index is 0.0359. The summed E-state index contributed by atoms with van der Waals surface area (Å²) in [6.07, 6.45) is 0. The number of rotatable bonds is 2. The Morgan fingerprint density at radius 1 is 1.24 bits per heavy atom. The van der Waals surface area contributed by atoms with Crippen molar-refractivity contribution in [2.75, 3.05) is 7.11 Å². The second kappa shape index (κ2) is 4.37. The Labute approximate surface area is 95.6 Å². The van der Waals surface area contributed by atoms with Gasteiger partial charge in [-0.1, -0.05) is 0 Å². The Balaban J connectivity index is 2.40. The van der Waals surface area contributed by atoms with E-state index in [4.69, 9.17) is 4.42 Å². The van der Waals surface area contributed by atoms with Gasteiger partial charge in [-0.3, -0.25) is 0 Å². The molecule has 1 heterocycles. The van der Waals surface area contributed by atoms with Crippen LogP contribution in [0.5, 0.6) is 0 Å². The molecule has 5 heteroatoms. The van der Waals surface area contributed by atoms with Gasteiger partial charge in [-0.15, -0.1) is 0 Å². The summed E-state index contributed by atoms with van der Waals surface area (Å²) in [5, 5.41) is 0. The molecule has 0 saturated heterocycles. The van der Waals surface area contributed by atoms with Crippen LogP contribution in [0, 0.1) is 11.6 Å². The van der Waals surface area contributed by atoms with Crippen LogP contribution >= 0.6 is 0 Å². The first-order valence-electron chi connectivity index (χ1n) is 4.75. The zero-order chi connectivity index (χ0) is 12.4. The van der Waals surface area contributed by atoms with E-state index in [1.165, 1.54) is 25.3 Å². The smallest absolute Gasteiger partial charge is 0.373 e. The summed E-state index contributed by atoms with van der Waals surface area (Å²) in [5.74, 6) is -1.98. The summed E-state index contributed by atoms with van der Waals surface area (Å²) >= 11 is 0. The predicted octanol–water partition coefficient (Wildman–Crippen LogP) is 3.01. The molecular formula is C12H8F2O3. The Bertz CT molecular complexity index is 561. The van der Waals surface area contributed by atoms with Gasteiger partial charge in [0.15, 0.2) is 0 Å². The Morgan fingerprint density at radius 2 is 2.00 bits per heavy atom. The average Bonchev–Trinajstić information content (AvgIpc) is 2.77. The van der Waals surface area contributed by atoms with Crippen LogP contribution < -0.4 is 0 Å². The summed E-state index contributed by atoms with van der Waals surface area (Å²) in [6.45, 7) is 0. The van der Waals surface area contributed by atoms with E-state index in [-0.39, 0.29) is 17.1 Å². The highest BCUT2D eigenvalue weighted by Crippen LogP contribution is 2.25. The molecule has 0 saturated carbocycles. The Morgan fingerprint density at radius 3 is 2.65 bits per heavy atom. The molecule has 0 aliphatic carbocycles. The number of carbonyl (C=O) groups excluding carboxylic acids is 1. The molecule has 0 spiro atoms.